The van der Waals surface area contributed by atoms with Crippen molar-refractivity contribution in [2.75, 3.05) is 0 Å². The Labute approximate surface area is 132 Å². The number of amides is 1. The van der Waals surface area contributed by atoms with Crippen LogP contribution < -0.4 is 11.1 Å². The average molecular weight is 308 g/mol. The van der Waals surface area contributed by atoms with Gasteiger partial charge in [0.25, 0.3) is 0 Å². The molecule has 1 aliphatic carbocycles. The van der Waals surface area contributed by atoms with E-state index in [0.29, 0.717) is 12.3 Å². The lowest BCUT2D eigenvalue weighted by Gasteiger charge is -2.24. The Bertz CT molecular complexity index is 501. The number of alkyl carbamates (subject to hydrolysis) is 1. The van der Waals surface area contributed by atoms with E-state index in [1.807, 2.05) is 12.2 Å². The highest BCUT2D eigenvalue weighted by molar-refractivity contribution is 7.80. The highest BCUT2D eigenvalue weighted by Gasteiger charge is 2.22. The Morgan fingerprint density at radius 2 is 2.19 bits per heavy atom. The van der Waals surface area contributed by atoms with Crippen LogP contribution in [0.25, 0.3) is 0 Å². The largest absolute Gasteiger partial charge is 0.444 e. The van der Waals surface area contributed by atoms with Gasteiger partial charge in [-0.2, -0.15) is 0 Å². The van der Waals surface area contributed by atoms with Crippen LogP contribution in [0.2, 0.25) is 0 Å². The van der Waals surface area contributed by atoms with Crippen molar-refractivity contribution in [3.8, 4) is 0 Å². The lowest BCUT2D eigenvalue weighted by atomic mass is 9.91. The molecule has 4 nitrogen and oxygen atoms in total. The average Bonchev–Trinajstić information content (AvgIpc) is 2.30. The summed E-state index contributed by atoms with van der Waals surface area (Å²) >= 11 is 5.03. The summed E-state index contributed by atoms with van der Waals surface area (Å²) in [6, 6.07) is -0.438. The fourth-order valence-electron chi connectivity index (χ4n) is 1.84. The molecule has 116 valence electrons. The number of carbonyl (C=O) groups is 1. The van der Waals surface area contributed by atoms with E-state index in [-0.39, 0.29) is 4.99 Å². The van der Waals surface area contributed by atoms with Gasteiger partial charge in [-0.3, -0.25) is 0 Å². The minimum absolute atomic E-state index is 0.236. The van der Waals surface area contributed by atoms with E-state index in [9.17, 15) is 4.79 Å². The zero-order chi connectivity index (χ0) is 16.2. The van der Waals surface area contributed by atoms with Gasteiger partial charge in [-0.1, -0.05) is 43.9 Å². The molecule has 0 aliphatic heterocycles. The summed E-state index contributed by atoms with van der Waals surface area (Å²) in [5, 5.41) is 2.71. The van der Waals surface area contributed by atoms with E-state index in [0.717, 1.165) is 11.1 Å². The third kappa shape index (κ3) is 6.12. The van der Waals surface area contributed by atoms with Gasteiger partial charge in [-0.05, 0) is 44.3 Å². The van der Waals surface area contributed by atoms with E-state index in [1.165, 1.54) is 0 Å². The molecule has 3 N–H and O–H groups in total. The standard InChI is InChI=1S/C16H24N2O2S/c1-10-6-7-12(8-11(10)2)9-13(14(17)21)18-15(19)20-16(3,4)5/h6-8,10,13H,2,9H2,1,3-5H3,(H2,17,21)(H,18,19). The maximum Gasteiger partial charge on any atom is 0.408 e. The summed E-state index contributed by atoms with van der Waals surface area (Å²) in [4.78, 5) is 12.1. The topological polar surface area (TPSA) is 64.3 Å². The molecule has 0 aromatic heterocycles. The van der Waals surface area contributed by atoms with Crippen LogP contribution in [-0.2, 0) is 4.74 Å². The zero-order valence-corrected chi connectivity index (χ0v) is 13.9. The Morgan fingerprint density at radius 1 is 1.57 bits per heavy atom. The molecule has 2 atom stereocenters. The van der Waals surface area contributed by atoms with Gasteiger partial charge in [-0.15, -0.1) is 0 Å². The summed E-state index contributed by atoms with van der Waals surface area (Å²) in [5.41, 5.74) is 7.23. The van der Waals surface area contributed by atoms with Crippen LogP contribution in [0.15, 0.2) is 36.0 Å². The van der Waals surface area contributed by atoms with E-state index >= 15 is 0 Å². The molecule has 21 heavy (non-hydrogen) atoms. The van der Waals surface area contributed by atoms with Crippen LogP contribution in [-0.4, -0.2) is 22.7 Å². The molecule has 0 heterocycles. The lowest BCUT2D eigenvalue weighted by molar-refractivity contribution is 0.0518. The quantitative estimate of drug-likeness (QED) is 0.783. The Hall–Kier alpha value is -1.62. The normalized spacial score (nSPS) is 19.7. The molecular weight excluding hydrogens is 284 g/mol. The minimum atomic E-state index is -0.557. The van der Waals surface area contributed by atoms with Crippen molar-refractivity contribution < 1.29 is 9.53 Å². The van der Waals surface area contributed by atoms with Crippen LogP contribution in [0.4, 0.5) is 4.79 Å². The van der Waals surface area contributed by atoms with Crippen molar-refractivity contribution in [2.24, 2.45) is 11.7 Å². The van der Waals surface area contributed by atoms with E-state index in [4.69, 9.17) is 22.7 Å². The molecule has 0 spiro atoms. The molecule has 1 rings (SSSR count). The molecule has 2 unspecified atom stereocenters. The zero-order valence-electron chi connectivity index (χ0n) is 13.1. The summed E-state index contributed by atoms with van der Waals surface area (Å²) in [5.74, 6) is 0.329. The number of nitrogens with two attached hydrogens (primary N) is 1. The van der Waals surface area contributed by atoms with Crippen molar-refractivity contribution in [2.45, 2.75) is 45.8 Å². The third-order valence-corrected chi connectivity index (χ3v) is 3.31. The third-order valence-electron chi connectivity index (χ3n) is 3.03. The fourth-order valence-corrected chi connectivity index (χ4v) is 1.99. The van der Waals surface area contributed by atoms with Crippen molar-refractivity contribution in [3.63, 3.8) is 0 Å². The second-order valence-electron chi connectivity index (χ2n) is 6.25. The first-order valence-electron chi connectivity index (χ1n) is 6.95. The van der Waals surface area contributed by atoms with Crippen molar-refractivity contribution in [1.29, 1.82) is 0 Å². The molecule has 0 radical (unpaired) electrons. The highest BCUT2D eigenvalue weighted by Crippen LogP contribution is 2.23. The number of nitrogens with one attached hydrogen (secondary N) is 1. The number of carbonyl (C=O) groups excluding carboxylic acids is 1. The van der Waals surface area contributed by atoms with Gasteiger partial charge >= 0.3 is 6.09 Å². The maximum atomic E-state index is 11.8. The second-order valence-corrected chi connectivity index (χ2v) is 6.72. The van der Waals surface area contributed by atoms with Gasteiger partial charge in [0.15, 0.2) is 0 Å². The molecular formula is C16H24N2O2S. The maximum absolute atomic E-state index is 11.8. The molecule has 0 aromatic carbocycles. The molecule has 0 saturated heterocycles. The van der Waals surface area contributed by atoms with E-state index < -0.39 is 17.7 Å². The minimum Gasteiger partial charge on any atom is -0.444 e. The van der Waals surface area contributed by atoms with Crippen LogP contribution in [0.1, 0.15) is 34.1 Å². The number of ether oxygens (including phenoxy) is 1. The van der Waals surface area contributed by atoms with Gasteiger partial charge in [0.2, 0.25) is 0 Å². The lowest BCUT2D eigenvalue weighted by Crippen LogP contribution is -2.45. The number of allylic oxidation sites excluding steroid dienone is 4. The summed E-state index contributed by atoms with van der Waals surface area (Å²) < 4.78 is 5.23. The number of hydrogen-bond donors (Lipinski definition) is 2. The smallest absolute Gasteiger partial charge is 0.408 e. The molecule has 0 fully saturated rings. The van der Waals surface area contributed by atoms with E-state index in [2.05, 4.69) is 24.9 Å². The summed E-state index contributed by atoms with van der Waals surface area (Å²) in [6.45, 7) is 11.5. The molecule has 0 aromatic rings. The van der Waals surface area contributed by atoms with Gasteiger partial charge < -0.3 is 15.8 Å². The first-order chi connectivity index (χ1) is 9.58. The predicted octanol–water partition coefficient (Wildman–Crippen LogP) is 3.24. The number of hydrogen-bond acceptors (Lipinski definition) is 3. The first-order valence-corrected chi connectivity index (χ1v) is 7.35. The van der Waals surface area contributed by atoms with Gasteiger partial charge in [0.1, 0.15) is 5.60 Å². The van der Waals surface area contributed by atoms with Gasteiger partial charge in [0, 0.05) is 0 Å². The highest BCUT2D eigenvalue weighted by atomic mass is 32.1. The number of rotatable bonds is 4. The predicted molar refractivity (Wildman–Crippen MR) is 90.1 cm³/mol. The van der Waals surface area contributed by atoms with Crippen LogP contribution in [0.3, 0.4) is 0 Å². The van der Waals surface area contributed by atoms with Gasteiger partial charge in [0.05, 0.1) is 11.0 Å². The van der Waals surface area contributed by atoms with E-state index in [1.54, 1.807) is 20.8 Å². The molecule has 0 bridgehead atoms. The van der Waals surface area contributed by atoms with Crippen molar-refractivity contribution in [3.05, 3.63) is 36.0 Å². The molecule has 1 amide bonds. The fraction of sp³-hybridized carbons (Fsp3) is 0.500. The van der Waals surface area contributed by atoms with Crippen molar-refractivity contribution >= 4 is 23.3 Å². The molecule has 5 heteroatoms. The van der Waals surface area contributed by atoms with Crippen LogP contribution in [0, 0.1) is 5.92 Å². The first kappa shape index (κ1) is 17.4. The Kier molecular flexibility index (Phi) is 5.72. The van der Waals surface area contributed by atoms with Crippen LogP contribution in [0.5, 0.6) is 0 Å². The summed E-state index contributed by atoms with van der Waals surface area (Å²) in [7, 11) is 0. The second kappa shape index (κ2) is 6.89. The Morgan fingerprint density at radius 3 is 2.67 bits per heavy atom. The number of thiocarbonyl (C=S) groups is 1. The monoisotopic (exact) mass is 308 g/mol. The molecule has 0 saturated carbocycles. The van der Waals surface area contributed by atoms with Crippen LogP contribution >= 0.6 is 12.2 Å². The Balaban J connectivity index is 2.69. The SMILES string of the molecule is C=C1C=C(CC(NC(=O)OC(C)(C)C)C(N)=S)C=CC1C. The van der Waals surface area contributed by atoms with Crippen molar-refractivity contribution in [1.82, 2.24) is 5.32 Å². The molecule has 1 aliphatic rings. The van der Waals surface area contributed by atoms with Gasteiger partial charge in [-0.25, -0.2) is 4.79 Å². The summed E-state index contributed by atoms with van der Waals surface area (Å²) in [6.07, 6.45) is 6.10.